The average molecular weight is 548 g/mol. The van der Waals surface area contributed by atoms with E-state index in [-0.39, 0.29) is 30.1 Å². The van der Waals surface area contributed by atoms with Crippen molar-refractivity contribution in [2.24, 2.45) is 0 Å². The zero-order valence-electron chi connectivity index (χ0n) is 20.0. The van der Waals surface area contributed by atoms with Crippen LogP contribution in [0.1, 0.15) is 15.9 Å². The van der Waals surface area contributed by atoms with Gasteiger partial charge >= 0.3 is 0 Å². The standard InChI is InChI=1S/C25H26FN3O6S2/c1-36(31,32)29(18-19-2-6-21(26)7-3-19)23-10-4-20(5-11-23)25(30)27-22-8-12-24(13-9-22)37(33,34)28-14-16-35-17-15-28/h2-13H,14-18H2,1H3,(H,27,30). The molecule has 1 heterocycles. The van der Waals surface area contributed by atoms with Crippen LogP contribution in [-0.4, -0.2) is 59.6 Å². The van der Waals surface area contributed by atoms with Gasteiger partial charge in [0.2, 0.25) is 20.0 Å². The number of anilines is 2. The summed E-state index contributed by atoms with van der Waals surface area (Å²) in [7, 11) is -7.29. The Bertz CT molecular complexity index is 1450. The summed E-state index contributed by atoms with van der Waals surface area (Å²) in [5, 5.41) is 2.71. The third kappa shape index (κ3) is 6.52. The fourth-order valence-electron chi connectivity index (χ4n) is 3.78. The summed E-state index contributed by atoms with van der Waals surface area (Å²) in [6.45, 7) is 1.28. The van der Waals surface area contributed by atoms with Gasteiger partial charge in [-0.1, -0.05) is 12.1 Å². The lowest BCUT2D eigenvalue weighted by Crippen LogP contribution is -2.40. The summed E-state index contributed by atoms with van der Waals surface area (Å²) in [6.07, 6.45) is 1.07. The molecule has 0 spiro atoms. The van der Waals surface area contributed by atoms with Crippen LogP contribution in [0.15, 0.2) is 77.7 Å². The molecule has 0 unspecified atom stereocenters. The molecule has 1 aliphatic heterocycles. The zero-order valence-corrected chi connectivity index (χ0v) is 21.6. The smallest absolute Gasteiger partial charge is 0.255 e. The highest BCUT2D eigenvalue weighted by molar-refractivity contribution is 7.92. The van der Waals surface area contributed by atoms with Crippen molar-refractivity contribution >= 4 is 37.3 Å². The Balaban J connectivity index is 1.45. The maximum atomic E-state index is 13.2. The summed E-state index contributed by atoms with van der Waals surface area (Å²) < 4.78 is 71.2. The summed E-state index contributed by atoms with van der Waals surface area (Å²) >= 11 is 0. The van der Waals surface area contributed by atoms with Crippen molar-refractivity contribution in [1.29, 1.82) is 0 Å². The molecule has 9 nitrogen and oxygen atoms in total. The van der Waals surface area contributed by atoms with Gasteiger partial charge in [-0.2, -0.15) is 4.31 Å². The molecule has 0 atom stereocenters. The Kier molecular flexibility index (Phi) is 7.93. The van der Waals surface area contributed by atoms with Crippen LogP contribution in [0.2, 0.25) is 0 Å². The van der Waals surface area contributed by atoms with Gasteiger partial charge in [-0.05, 0) is 66.2 Å². The number of morpholine rings is 1. The van der Waals surface area contributed by atoms with Crippen molar-refractivity contribution in [2.75, 3.05) is 42.2 Å². The first kappa shape index (κ1) is 26.7. The first-order chi connectivity index (χ1) is 17.5. The van der Waals surface area contributed by atoms with E-state index in [0.717, 1.165) is 10.6 Å². The molecule has 1 fully saturated rings. The molecule has 1 amide bonds. The van der Waals surface area contributed by atoms with E-state index in [1.54, 1.807) is 0 Å². The minimum absolute atomic E-state index is 0.00433. The first-order valence-corrected chi connectivity index (χ1v) is 14.6. The molecule has 3 aromatic rings. The molecule has 0 radical (unpaired) electrons. The third-order valence-electron chi connectivity index (χ3n) is 5.78. The third-order valence-corrected chi connectivity index (χ3v) is 8.83. The Labute approximate surface area is 215 Å². The van der Waals surface area contributed by atoms with E-state index in [4.69, 9.17) is 4.74 Å². The van der Waals surface area contributed by atoms with Gasteiger partial charge in [-0.25, -0.2) is 21.2 Å². The van der Waals surface area contributed by atoms with E-state index in [2.05, 4.69) is 5.32 Å². The van der Waals surface area contributed by atoms with Crippen LogP contribution >= 0.6 is 0 Å². The summed E-state index contributed by atoms with van der Waals surface area (Å²) in [5.74, 6) is -0.863. The lowest BCUT2D eigenvalue weighted by atomic mass is 10.1. The Morgan fingerprint density at radius 3 is 2.08 bits per heavy atom. The number of sulfonamides is 2. The summed E-state index contributed by atoms with van der Waals surface area (Å²) in [5.41, 5.74) is 1.64. The van der Waals surface area contributed by atoms with Gasteiger partial charge in [0.25, 0.3) is 5.91 Å². The molecule has 1 aliphatic rings. The van der Waals surface area contributed by atoms with Crippen molar-refractivity contribution < 1.29 is 30.8 Å². The second-order valence-corrected chi connectivity index (χ2v) is 12.3. The van der Waals surface area contributed by atoms with Crippen LogP contribution in [0.3, 0.4) is 0 Å². The molecule has 0 aliphatic carbocycles. The lowest BCUT2D eigenvalue weighted by molar-refractivity contribution is 0.0730. The van der Waals surface area contributed by atoms with E-state index in [1.165, 1.54) is 77.1 Å². The molecule has 196 valence electrons. The average Bonchev–Trinajstić information content (AvgIpc) is 2.88. The molecule has 1 saturated heterocycles. The number of nitrogens with one attached hydrogen (secondary N) is 1. The van der Waals surface area contributed by atoms with Crippen LogP contribution < -0.4 is 9.62 Å². The topological polar surface area (TPSA) is 113 Å². The number of hydrogen-bond acceptors (Lipinski definition) is 6. The minimum Gasteiger partial charge on any atom is -0.379 e. The van der Waals surface area contributed by atoms with E-state index in [9.17, 15) is 26.0 Å². The van der Waals surface area contributed by atoms with Gasteiger partial charge in [0.05, 0.1) is 36.6 Å². The van der Waals surface area contributed by atoms with E-state index >= 15 is 0 Å². The summed E-state index contributed by atoms with van der Waals surface area (Å²) in [6, 6.07) is 17.4. The molecule has 0 saturated carbocycles. The number of carbonyl (C=O) groups excluding carboxylic acids is 1. The predicted molar refractivity (Wildman–Crippen MR) is 138 cm³/mol. The van der Waals surface area contributed by atoms with Crippen molar-refractivity contribution in [2.45, 2.75) is 11.4 Å². The lowest BCUT2D eigenvalue weighted by Gasteiger charge is -2.26. The van der Waals surface area contributed by atoms with Crippen LogP contribution in [0.5, 0.6) is 0 Å². The number of amides is 1. The highest BCUT2D eigenvalue weighted by Crippen LogP contribution is 2.23. The molecule has 0 aromatic heterocycles. The monoisotopic (exact) mass is 547 g/mol. The van der Waals surface area contributed by atoms with E-state index < -0.39 is 31.8 Å². The van der Waals surface area contributed by atoms with Gasteiger partial charge in [0.15, 0.2) is 0 Å². The predicted octanol–water partition coefficient (Wildman–Crippen LogP) is 3.07. The number of halogens is 1. The van der Waals surface area contributed by atoms with Crippen LogP contribution in [-0.2, 0) is 31.3 Å². The molecule has 4 rings (SSSR count). The zero-order chi connectivity index (χ0) is 26.6. The molecular weight excluding hydrogens is 521 g/mol. The number of nitrogens with zero attached hydrogens (tertiary/aromatic N) is 2. The minimum atomic E-state index is -3.65. The second kappa shape index (κ2) is 11.0. The van der Waals surface area contributed by atoms with Gasteiger partial charge in [-0.15, -0.1) is 0 Å². The van der Waals surface area contributed by atoms with Gasteiger partial charge in [-0.3, -0.25) is 9.10 Å². The van der Waals surface area contributed by atoms with Crippen molar-refractivity contribution in [3.8, 4) is 0 Å². The molecule has 0 bridgehead atoms. The largest absolute Gasteiger partial charge is 0.379 e. The molecule has 12 heteroatoms. The molecular formula is C25H26FN3O6S2. The first-order valence-electron chi connectivity index (χ1n) is 11.4. The number of rotatable bonds is 8. The Morgan fingerprint density at radius 1 is 0.919 bits per heavy atom. The molecule has 37 heavy (non-hydrogen) atoms. The van der Waals surface area contributed by atoms with Crippen molar-refractivity contribution in [3.63, 3.8) is 0 Å². The fourth-order valence-corrected chi connectivity index (χ4v) is 6.08. The van der Waals surface area contributed by atoms with Gasteiger partial charge in [0.1, 0.15) is 5.82 Å². The maximum absolute atomic E-state index is 13.2. The molecule has 1 N–H and O–H groups in total. The Hall–Kier alpha value is -3.32. The van der Waals surface area contributed by atoms with Crippen LogP contribution in [0.25, 0.3) is 0 Å². The van der Waals surface area contributed by atoms with Gasteiger partial charge < -0.3 is 10.1 Å². The highest BCUT2D eigenvalue weighted by atomic mass is 32.2. The van der Waals surface area contributed by atoms with Crippen LogP contribution in [0, 0.1) is 5.82 Å². The van der Waals surface area contributed by atoms with Gasteiger partial charge in [0, 0.05) is 24.3 Å². The summed E-state index contributed by atoms with van der Waals surface area (Å²) in [4.78, 5) is 12.8. The van der Waals surface area contributed by atoms with Crippen LogP contribution in [0.4, 0.5) is 15.8 Å². The highest BCUT2D eigenvalue weighted by Gasteiger charge is 2.26. The number of hydrogen-bond donors (Lipinski definition) is 1. The SMILES string of the molecule is CS(=O)(=O)N(Cc1ccc(F)cc1)c1ccc(C(=O)Nc2ccc(S(=O)(=O)N3CCOCC3)cc2)cc1. The van der Waals surface area contributed by atoms with Crippen molar-refractivity contribution in [3.05, 3.63) is 89.7 Å². The fraction of sp³-hybridized carbons (Fsp3) is 0.240. The number of carbonyl (C=O) groups is 1. The molecule has 3 aromatic carbocycles. The number of ether oxygens (including phenoxy) is 1. The second-order valence-electron chi connectivity index (χ2n) is 8.44. The Morgan fingerprint density at radius 2 is 1.51 bits per heavy atom. The maximum Gasteiger partial charge on any atom is 0.255 e. The van der Waals surface area contributed by atoms with Crippen molar-refractivity contribution in [1.82, 2.24) is 4.31 Å². The quantitative estimate of drug-likeness (QED) is 0.464. The number of benzene rings is 3. The normalized spacial score (nSPS) is 14.8. The van der Waals surface area contributed by atoms with E-state index in [0.29, 0.717) is 30.2 Å². The van der Waals surface area contributed by atoms with E-state index in [1.807, 2.05) is 0 Å².